The van der Waals surface area contributed by atoms with Crippen molar-refractivity contribution in [3.8, 4) is 11.8 Å². The molecule has 0 aliphatic heterocycles. The van der Waals surface area contributed by atoms with Gasteiger partial charge in [0.05, 0.1) is 0 Å². The molecule has 0 aliphatic carbocycles. The summed E-state index contributed by atoms with van der Waals surface area (Å²) >= 11 is 0. The summed E-state index contributed by atoms with van der Waals surface area (Å²) in [6, 6.07) is 6.10. The molecule has 0 amide bonds. The molecule has 1 heteroatoms. The maximum absolute atomic E-state index is 8.99. The van der Waals surface area contributed by atoms with E-state index in [2.05, 4.69) is 24.8 Å². The lowest BCUT2D eigenvalue weighted by Gasteiger charge is -1.99. The molecule has 0 bridgehead atoms. The van der Waals surface area contributed by atoms with Gasteiger partial charge in [-0.3, -0.25) is 0 Å². The zero-order valence-electron chi connectivity index (χ0n) is 8.26. The van der Waals surface area contributed by atoms with Crippen LogP contribution in [0.1, 0.15) is 23.6 Å². The monoisotopic (exact) mass is 174 g/mol. The van der Waals surface area contributed by atoms with Gasteiger partial charge in [-0.15, -0.1) is 0 Å². The average molecular weight is 174 g/mol. The fourth-order valence-corrected chi connectivity index (χ4v) is 1.14. The highest BCUT2D eigenvalue weighted by Crippen LogP contribution is 2.08. The minimum Gasteiger partial charge on any atom is -0.381 e. The van der Waals surface area contributed by atoms with E-state index in [-0.39, 0.29) is 0 Å². The number of aliphatic hydroxyl groups is 1. The number of hydrogen-bond acceptors (Lipinski definition) is 1. The third-order valence-electron chi connectivity index (χ3n) is 1.80. The molecule has 1 unspecified atom stereocenters. The Morgan fingerprint density at radius 2 is 2.00 bits per heavy atom. The molecule has 0 spiro atoms. The van der Waals surface area contributed by atoms with Gasteiger partial charge in [-0.05, 0) is 32.4 Å². The van der Waals surface area contributed by atoms with Gasteiger partial charge < -0.3 is 5.11 Å². The van der Waals surface area contributed by atoms with Crippen molar-refractivity contribution in [3.05, 3.63) is 34.9 Å². The lowest BCUT2D eigenvalue weighted by atomic mass is 10.1. The molecule has 1 atom stereocenters. The van der Waals surface area contributed by atoms with Crippen LogP contribution in [-0.2, 0) is 0 Å². The van der Waals surface area contributed by atoms with Crippen LogP contribution in [0.5, 0.6) is 0 Å². The van der Waals surface area contributed by atoms with Crippen LogP contribution in [0.25, 0.3) is 0 Å². The summed E-state index contributed by atoms with van der Waals surface area (Å²) in [6.45, 7) is 5.74. The molecular weight excluding hydrogens is 160 g/mol. The summed E-state index contributed by atoms with van der Waals surface area (Å²) in [5.41, 5.74) is 3.39. The molecule has 0 aliphatic rings. The van der Waals surface area contributed by atoms with Crippen LogP contribution in [0.3, 0.4) is 0 Å². The van der Waals surface area contributed by atoms with E-state index in [1.165, 1.54) is 5.56 Å². The van der Waals surface area contributed by atoms with E-state index in [4.69, 9.17) is 5.11 Å². The normalized spacial score (nSPS) is 11.7. The molecule has 0 aromatic heterocycles. The molecule has 1 aromatic rings. The molecule has 0 fully saturated rings. The summed E-state index contributed by atoms with van der Waals surface area (Å²) in [5, 5.41) is 8.99. The average Bonchev–Trinajstić information content (AvgIpc) is 2.02. The second kappa shape index (κ2) is 4.11. The predicted octanol–water partition coefficient (Wildman–Crippen LogP) is 2.04. The standard InChI is InChI=1S/C12H14O/c1-9-4-6-12(10(2)8-9)7-5-11(3)13/h4,6,8,11,13H,1-3H3. The van der Waals surface area contributed by atoms with Crippen molar-refractivity contribution in [1.82, 2.24) is 0 Å². The number of aliphatic hydroxyl groups excluding tert-OH is 1. The fraction of sp³-hybridized carbons (Fsp3) is 0.333. The van der Waals surface area contributed by atoms with E-state index >= 15 is 0 Å². The summed E-state index contributed by atoms with van der Waals surface area (Å²) in [4.78, 5) is 0. The van der Waals surface area contributed by atoms with Gasteiger partial charge in [0.25, 0.3) is 0 Å². The number of benzene rings is 1. The summed E-state index contributed by atoms with van der Waals surface area (Å²) in [5.74, 6) is 5.67. The van der Waals surface area contributed by atoms with Crippen molar-refractivity contribution in [3.63, 3.8) is 0 Å². The summed E-state index contributed by atoms with van der Waals surface area (Å²) in [6.07, 6.45) is -0.555. The molecule has 0 heterocycles. The van der Waals surface area contributed by atoms with Crippen LogP contribution in [0, 0.1) is 25.7 Å². The summed E-state index contributed by atoms with van der Waals surface area (Å²) < 4.78 is 0. The topological polar surface area (TPSA) is 20.2 Å². The van der Waals surface area contributed by atoms with Gasteiger partial charge >= 0.3 is 0 Å². The molecule has 1 nitrogen and oxygen atoms in total. The Morgan fingerprint density at radius 3 is 2.54 bits per heavy atom. The smallest absolute Gasteiger partial charge is 0.112 e. The first kappa shape index (κ1) is 9.83. The van der Waals surface area contributed by atoms with Crippen molar-refractivity contribution in [2.75, 3.05) is 0 Å². The zero-order valence-corrected chi connectivity index (χ0v) is 8.26. The van der Waals surface area contributed by atoms with E-state index in [0.717, 1.165) is 11.1 Å². The Labute approximate surface area is 79.4 Å². The van der Waals surface area contributed by atoms with Crippen molar-refractivity contribution in [2.45, 2.75) is 26.9 Å². The fourth-order valence-electron chi connectivity index (χ4n) is 1.14. The number of rotatable bonds is 0. The summed E-state index contributed by atoms with van der Waals surface area (Å²) in [7, 11) is 0. The Morgan fingerprint density at radius 1 is 1.31 bits per heavy atom. The molecule has 68 valence electrons. The first-order chi connectivity index (χ1) is 6.09. The van der Waals surface area contributed by atoms with Crippen LogP contribution in [0.15, 0.2) is 18.2 Å². The number of hydrogen-bond donors (Lipinski definition) is 1. The second-order valence-corrected chi connectivity index (χ2v) is 3.26. The van der Waals surface area contributed by atoms with E-state index in [9.17, 15) is 0 Å². The first-order valence-corrected chi connectivity index (χ1v) is 4.36. The molecule has 1 rings (SSSR count). The molecule has 0 radical (unpaired) electrons. The van der Waals surface area contributed by atoms with Crippen molar-refractivity contribution < 1.29 is 5.11 Å². The molecule has 13 heavy (non-hydrogen) atoms. The van der Waals surface area contributed by atoms with Gasteiger partial charge in [0.15, 0.2) is 0 Å². The van der Waals surface area contributed by atoms with Crippen LogP contribution < -0.4 is 0 Å². The minimum atomic E-state index is -0.555. The van der Waals surface area contributed by atoms with E-state index < -0.39 is 6.10 Å². The molecule has 1 N–H and O–H groups in total. The lowest BCUT2D eigenvalue weighted by Crippen LogP contribution is -1.93. The van der Waals surface area contributed by atoms with Crippen LogP contribution >= 0.6 is 0 Å². The molecule has 0 saturated heterocycles. The van der Waals surface area contributed by atoms with E-state index in [0.29, 0.717) is 0 Å². The maximum Gasteiger partial charge on any atom is 0.112 e. The van der Waals surface area contributed by atoms with Crippen LogP contribution in [-0.4, -0.2) is 11.2 Å². The third kappa shape index (κ3) is 2.93. The SMILES string of the molecule is Cc1ccc(C#CC(C)O)c(C)c1. The van der Waals surface area contributed by atoms with Crippen molar-refractivity contribution in [1.29, 1.82) is 0 Å². The second-order valence-electron chi connectivity index (χ2n) is 3.26. The van der Waals surface area contributed by atoms with Gasteiger partial charge in [0, 0.05) is 5.56 Å². The van der Waals surface area contributed by atoms with Crippen molar-refractivity contribution >= 4 is 0 Å². The van der Waals surface area contributed by atoms with Gasteiger partial charge in [-0.25, -0.2) is 0 Å². The van der Waals surface area contributed by atoms with Crippen molar-refractivity contribution in [2.24, 2.45) is 0 Å². The van der Waals surface area contributed by atoms with E-state index in [1.54, 1.807) is 6.92 Å². The Bertz CT molecular complexity index is 353. The highest BCUT2D eigenvalue weighted by atomic mass is 16.3. The van der Waals surface area contributed by atoms with Gasteiger partial charge in [0.2, 0.25) is 0 Å². The third-order valence-corrected chi connectivity index (χ3v) is 1.80. The largest absolute Gasteiger partial charge is 0.381 e. The Balaban J connectivity index is 2.98. The van der Waals surface area contributed by atoms with Gasteiger partial charge in [-0.2, -0.15) is 0 Å². The van der Waals surface area contributed by atoms with Crippen LogP contribution in [0.4, 0.5) is 0 Å². The highest BCUT2D eigenvalue weighted by molar-refractivity contribution is 5.42. The Kier molecular flexibility index (Phi) is 3.11. The van der Waals surface area contributed by atoms with Crippen LogP contribution in [0.2, 0.25) is 0 Å². The van der Waals surface area contributed by atoms with Gasteiger partial charge in [0.1, 0.15) is 6.10 Å². The quantitative estimate of drug-likeness (QED) is 0.597. The zero-order chi connectivity index (χ0) is 9.84. The van der Waals surface area contributed by atoms with Gasteiger partial charge in [-0.1, -0.05) is 29.5 Å². The lowest BCUT2D eigenvalue weighted by molar-refractivity contribution is 0.253. The molecule has 1 aromatic carbocycles. The number of aryl methyl sites for hydroxylation is 2. The molecule has 0 saturated carbocycles. The maximum atomic E-state index is 8.99. The first-order valence-electron chi connectivity index (χ1n) is 4.36. The highest BCUT2D eigenvalue weighted by Gasteiger charge is 1.94. The Hall–Kier alpha value is -1.26. The van der Waals surface area contributed by atoms with E-state index in [1.807, 2.05) is 19.1 Å². The minimum absolute atomic E-state index is 0.555. The molecular formula is C12H14O. The predicted molar refractivity (Wildman–Crippen MR) is 54.5 cm³/mol.